The van der Waals surface area contributed by atoms with Gasteiger partial charge in [-0.05, 0) is 68.5 Å². The van der Waals surface area contributed by atoms with Gasteiger partial charge in [0.05, 0.1) is 6.61 Å². The Balaban J connectivity index is 1.34. The van der Waals surface area contributed by atoms with Crippen LogP contribution in [0.15, 0.2) is 42.5 Å². The lowest BCUT2D eigenvalue weighted by atomic mass is 9.98. The molecule has 4 rings (SSSR count). The Morgan fingerprint density at radius 3 is 2.45 bits per heavy atom. The van der Waals surface area contributed by atoms with E-state index < -0.39 is 0 Å². The molecule has 1 atom stereocenters. The Morgan fingerprint density at radius 1 is 0.968 bits per heavy atom. The topological polar surface area (TPSA) is 49.9 Å². The molecule has 0 radical (unpaired) electrons. The van der Waals surface area contributed by atoms with Gasteiger partial charge in [0.1, 0.15) is 11.6 Å². The minimum Gasteiger partial charge on any atom is -0.493 e. The van der Waals surface area contributed by atoms with E-state index in [1.54, 1.807) is 24.0 Å². The van der Waals surface area contributed by atoms with Crippen LogP contribution in [-0.2, 0) is 0 Å². The summed E-state index contributed by atoms with van der Waals surface area (Å²) in [5.41, 5.74) is 1.57. The van der Waals surface area contributed by atoms with Crippen LogP contribution in [0.2, 0.25) is 0 Å². The number of likely N-dealkylation sites (tertiary alicyclic amines) is 2. The number of benzene rings is 2. The van der Waals surface area contributed by atoms with Crippen molar-refractivity contribution >= 4 is 11.8 Å². The number of nitrogens with zero attached hydrogens (tertiary/aromatic N) is 2. The van der Waals surface area contributed by atoms with Crippen molar-refractivity contribution in [3.8, 4) is 5.75 Å². The zero-order valence-corrected chi connectivity index (χ0v) is 18.0. The Labute approximate surface area is 182 Å². The fourth-order valence-corrected chi connectivity index (χ4v) is 4.33. The van der Waals surface area contributed by atoms with Crippen molar-refractivity contribution < 1.29 is 18.7 Å². The number of rotatable bonds is 5. The van der Waals surface area contributed by atoms with E-state index in [0.717, 1.165) is 38.8 Å². The van der Waals surface area contributed by atoms with E-state index in [0.29, 0.717) is 42.1 Å². The molecule has 0 spiro atoms. The highest BCUT2D eigenvalue weighted by atomic mass is 19.1. The predicted octanol–water partition coefficient (Wildman–Crippen LogP) is 4.30. The van der Waals surface area contributed by atoms with Gasteiger partial charge in [-0.3, -0.25) is 9.59 Å². The van der Waals surface area contributed by atoms with Crippen molar-refractivity contribution in [1.29, 1.82) is 0 Å². The second-order valence-electron chi connectivity index (χ2n) is 8.56. The number of aryl methyl sites for hydroxylation is 1. The maximum Gasteiger partial charge on any atom is 0.253 e. The van der Waals surface area contributed by atoms with Crippen LogP contribution in [-0.4, -0.2) is 54.4 Å². The lowest BCUT2D eigenvalue weighted by Crippen LogP contribution is -2.41. The summed E-state index contributed by atoms with van der Waals surface area (Å²) in [7, 11) is 0. The standard InChI is InChI=1S/C25H29FN2O3/c1-18-9-10-21(15-23(18)26)25(30)28-13-5-6-19(16-28)17-31-22-8-4-7-20(14-22)24(29)27-11-2-3-12-27/h4,7-10,14-15,19H,2-3,5-6,11-13,16-17H2,1H3/t19-/m1/s1. The minimum absolute atomic E-state index is 0.0581. The molecule has 164 valence electrons. The first kappa shape index (κ1) is 21.3. The summed E-state index contributed by atoms with van der Waals surface area (Å²) < 4.78 is 19.9. The molecule has 0 saturated carbocycles. The third kappa shape index (κ3) is 5.06. The molecule has 0 aromatic heterocycles. The molecule has 31 heavy (non-hydrogen) atoms. The summed E-state index contributed by atoms with van der Waals surface area (Å²) in [6.07, 6.45) is 3.99. The third-order valence-electron chi connectivity index (χ3n) is 6.18. The van der Waals surface area contributed by atoms with Crippen molar-refractivity contribution in [3.05, 3.63) is 65.0 Å². The minimum atomic E-state index is -0.355. The highest BCUT2D eigenvalue weighted by Crippen LogP contribution is 2.23. The van der Waals surface area contributed by atoms with Crippen LogP contribution >= 0.6 is 0 Å². The number of halogens is 1. The molecule has 0 bridgehead atoms. The summed E-state index contributed by atoms with van der Waals surface area (Å²) in [6, 6.07) is 12.0. The number of hydrogen-bond donors (Lipinski definition) is 0. The van der Waals surface area contributed by atoms with Gasteiger partial charge in [0.15, 0.2) is 0 Å². The molecule has 2 amide bonds. The van der Waals surface area contributed by atoms with Gasteiger partial charge in [0, 0.05) is 43.2 Å². The van der Waals surface area contributed by atoms with Crippen molar-refractivity contribution in [2.24, 2.45) is 5.92 Å². The Hall–Kier alpha value is -2.89. The molecule has 2 aliphatic rings. The fourth-order valence-electron chi connectivity index (χ4n) is 4.33. The molecule has 0 N–H and O–H groups in total. The largest absolute Gasteiger partial charge is 0.493 e. The maximum absolute atomic E-state index is 13.9. The normalized spacial score (nSPS) is 18.8. The van der Waals surface area contributed by atoms with Gasteiger partial charge < -0.3 is 14.5 Å². The van der Waals surface area contributed by atoms with Crippen LogP contribution in [0, 0.1) is 18.7 Å². The number of ether oxygens (including phenoxy) is 1. The lowest BCUT2D eigenvalue weighted by molar-refractivity contribution is 0.0632. The van der Waals surface area contributed by atoms with Crippen LogP contribution in [0.3, 0.4) is 0 Å². The zero-order valence-electron chi connectivity index (χ0n) is 18.0. The van der Waals surface area contributed by atoms with Gasteiger partial charge in [0.25, 0.3) is 11.8 Å². The van der Waals surface area contributed by atoms with Crippen LogP contribution in [0.5, 0.6) is 5.75 Å². The van der Waals surface area contributed by atoms with Gasteiger partial charge in [-0.15, -0.1) is 0 Å². The predicted molar refractivity (Wildman–Crippen MR) is 117 cm³/mol. The van der Waals surface area contributed by atoms with Crippen molar-refractivity contribution in [3.63, 3.8) is 0 Å². The zero-order chi connectivity index (χ0) is 21.8. The summed E-state index contributed by atoms with van der Waals surface area (Å²) in [5, 5.41) is 0. The molecule has 0 unspecified atom stereocenters. The van der Waals surface area contributed by atoms with Crippen LogP contribution in [0.4, 0.5) is 4.39 Å². The number of hydrogen-bond acceptors (Lipinski definition) is 3. The van der Waals surface area contributed by atoms with Crippen LogP contribution < -0.4 is 4.74 Å². The van der Waals surface area contributed by atoms with E-state index >= 15 is 0 Å². The van der Waals surface area contributed by atoms with Gasteiger partial charge >= 0.3 is 0 Å². The summed E-state index contributed by atoms with van der Waals surface area (Å²) in [6.45, 7) is 5.06. The van der Waals surface area contributed by atoms with Crippen molar-refractivity contribution in [1.82, 2.24) is 9.80 Å². The Bertz CT molecular complexity index is 956. The first-order valence-electron chi connectivity index (χ1n) is 11.1. The Morgan fingerprint density at radius 2 is 1.68 bits per heavy atom. The SMILES string of the molecule is Cc1ccc(C(=O)N2CCC[C@@H](COc3cccc(C(=O)N4CCCC4)c3)C2)cc1F. The van der Waals surface area contributed by atoms with Crippen molar-refractivity contribution in [2.45, 2.75) is 32.6 Å². The molecule has 2 aromatic rings. The monoisotopic (exact) mass is 424 g/mol. The summed E-state index contributed by atoms with van der Waals surface area (Å²) in [5.74, 6) is 0.440. The molecule has 2 aromatic carbocycles. The second kappa shape index (κ2) is 9.50. The average Bonchev–Trinajstić information content (AvgIpc) is 3.34. The highest BCUT2D eigenvalue weighted by Gasteiger charge is 2.26. The lowest BCUT2D eigenvalue weighted by Gasteiger charge is -2.32. The Kier molecular flexibility index (Phi) is 6.54. The maximum atomic E-state index is 13.9. The smallest absolute Gasteiger partial charge is 0.253 e. The van der Waals surface area contributed by atoms with E-state index in [1.165, 1.54) is 6.07 Å². The number of piperidine rings is 1. The van der Waals surface area contributed by atoms with E-state index in [9.17, 15) is 14.0 Å². The first-order valence-corrected chi connectivity index (χ1v) is 11.1. The van der Waals surface area contributed by atoms with E-state index in [2.05, 4.69) is 0 Å². The fraction of sp³-hybridized carbons (Fsp3) is 0.440. The molecular weight excluding hydrogens is 395 g/mol. The molecule has 2 aliphatic heterocycles. The highest BCUT2D eigenvalue weighted by molar-refractivity contribution is 5.95. The van der Waals surface area contributed by atoms with Crippen LogP contribution in [0.25, 0.3) is 0 Å². The van der Waals surface area contributed by atoms with Crippen molar-refractivity contribution in [2.75, 3.05) is 32.8 Å². The van der Waals surface area contributed by atoms with Gasteiger partial charge in [-0.2, -0.15) is 0 Å². The number of carbonyl (C=O) groups excluding carboxylic acids is 2. The molecule has 6 heteroatoms. The van der Waals surface area contributed by atoms with Gasteiger partial charge in [0.2, 0.25) is 0 Å². The summed E-state index contributed by atoms with van der Waals surface area (Å²) >= 11 is 0. The first-order chi connectivity index (χ1) is 15.0. The molecule has 2 fully saturated rings. The second-order valence-corrected chi connectivity index (χ2v) is 8.56. The molecule has 5 nitrogen and oxygen atoms in total. The number of carbonyl (C=O) groups is 2. The van der Waals surface area contributed by atoms with E-state index in [4.69, 9.17) is 4.74 Å². The molecular formula is C25H29FN2O3. The van der Waals surface area contributed by atoms with E-state index in [-0.39, 0.29) is 23.5 Å². The quantitative estimate of drug-likeness (QED) is 0.719. The number of amides is 2. The van der Waals surface area contributed by atoms with Crippen LogP contribution in [0.1, 0.15) is 52.0 Å². The molecule has 0 aliphatic carbocycles. The average molecular weight is 425 g/mol. The van der Waals surface area contributed by atoms with Gasteiger partial charge in [-0.1, -0.05) is 12.1 Å². The van der Waals surface area contributed by atoms with E-state index in [1.807, 2.05) is 29.2 Å². The molecule has 2 saturated heterocycles. The van der Waals surface area contributed by atoms with Gasteiger partial charge in [-0.25, -0.2) is 4.39 Å². The molecule has 2 heterocycles. The summed E-state index contributed by atoms with van der Waals surface area (Å²) in [4.78, 5) is 29.1. The third-order valence-corrected chi connectivity index (χ3v) is 6.18.